The number of carbonyl (C=O) groups is 1. The minimum absolute atomic E-state index is 0.00986. The van der Waals surface area contributed by atoms with E-state index in [1.807, 2.05) is 11.0 Å². The van der Waals surface area contributed by atoms with Crippen LogP contribution in [0.15, 0.2) is 22.8 Å². The second-order valence-corrected chi connectivity index (χ2v) is 5.27. The summed E-state index contributed by atoms with van der Waals surface area (Å²) in [6.07, 6.45) is 3.80. The molecule has 2 heterocycles. The van der Waals surface area contributed by atoms with E-state index >= 15 is 0 Å². The predicted molar refractivity (Wildman–Crippen MR) is 69.6 cm³/mol. The quantitative estimate of drug-likeness (QED) is 0.903. The summed E-state index contributed by atoms with van der Waals surface area (Å²) in [5.41, 5.74) is 6.17. The molecule has 2 N–H and O–H groups in total. The van der Waals surface area contributed by atoms with Crippen molar-refractivity contribution in [2.24, 2.45) is 11.7 Å². The molecule has 1 atom stereocenters. The highest BCUT2D eigenvalue weighted by Gasteiger charge is 2.24. The van der Waals surface area contributed by atoms with E-state index in [9.17, 15) is 4.79 Å². The Hall–Kier alpha value is -0.940. The highest BCUT2D eigenvalue weighted by atomic mass is 79.9. The molecule has 4 nitrogen and oxygen atoms in total. The Morgan fingerprint density at radius 2 is 2.41 bits per heavy atom. The summed E-state index contributed by atoms with van der Waals surface area (Å²) >= 11 is 3.31. The molecule has 0 aliphatic carbocycles. The summed E-state index contributed by atoms with van der Waals surface area (Å²) in [5, 5.41) is 0. The molecule has 1 aliphatic rings. The van der Waals surface area contributed by atoms with Gasteiger partial charge in [0.05, 0.1) is 0 Å². The van der Waals surface area contributed by atoms with Crippen molar-refractivity contribution in [3.8, 4) is 0 Å². The summed E-state index contributed by atoms with van der Waals surface area (Å²) in [6.45, 7) is 2.22. The van der Waals surface area contributed by atoms with E-state index in [2.05, 4.69) is 20.9 Å². The zero-order chi connectivity index (χ0) is 12.3. The van der Waals surface area contributed by atoms with Gasteiger partial charge in [-0.15, -0.1) is 0 Å². The van der Waals surface area contributed by atoms with E-state index in [1.54, 1.807) is 12.3 Å². The van der Waals surface area contributed by atoms with Gasteiger partial charge in [0.15, 0.2) is 0 Å². The van der Waals surface area contributed by atoms with Crippen LogP contribution in [0.3, 0.4) is 0 Å². The van der Waals surface area contributed by atoms with Gasteiger partial charge in [0.1, 0.15) is 5.69 Å². The van der Waals surface area contributed by atoms with E-state index in [0.717, 1.165) is 30.4 Å². The number of pyridine rings is 1. The van der Waals surface area contributed by atoms with Gasteiger partial charge in [-0.3, -0.25) is 4.79 Å². The van der Waals surface area contributed by atoms with Gasteiger partial charge in [-0.1, -0.05) is 0 Å². The Morgan fingerprint density at radius 3 is 3.06 bits per heavy atom. The van der Waals surface area contributed by atoms with Crippen LogP contribution in [-0.2, 0) is 0 Å². The van der Waals surface area contributed by atoms with Gasteiger partial charge in [-0.25, -0.2) is 4.98 Å². The van der Waals surface area contributed by atoms with E-state index in [1.165, 1.54) is 0 Å². The maximum absolute atomic E-state index is 12.2. The molecule has 0 radical (unpaired) electrons. The standard InChI is InChI=1S/C12H16BrN3O/c13-10-3-4-11(15-7-10)12(17)16-5-1-2-9(6-14)8-16/h3-4,7,9H,1-2,5-6,8,14H2. The molecule has 0 saturated carbocycles. The number of rotatable bonds is 2. The fraction of sp³-hybridized carbons (Fsp3) is 0.500. The first-order valence-electron chi connectivity index (χ1n) is 5.81. The van der Waals surface area contributed by atoms with Crippen molar-refractivity contribution < 1.29 is 4.79 Å². The number of piperidine rings is 1. The van der Waals surface area contributed by atoms with Gasteiger partial charge in [-0.2, -0.15) is 0 Å². The fourth-order valence-corrected chi connectivity index (χ4v) is 2.34. The highest BCUT2D eigenvalue weighted by molar-refractivity contribution is 9.10. The molecule has 1 aliphatic heterocycles. The minimum Gasteiger partial charge on any atom is -0.337 e. The molecule has 1 amide bonds. The lowest BCUT2D eigenvalue weighted by Gasteiger charge is -2.31. The van der Waals surface area contributed by atoms with E-state index in [4.69, 9.17) is 5.73 Å². The molecule has 0 aromatic carbocycles. The minimum atomic E-state index is 0.00986. The number of amides is 1. The maximum Gasteiger partial charge on any atom is 0.272 e. The van der Waals surface area contributed by atoms with Crippen molar-refractivity contribution in [3.05, 3.63) is 28.5 Å². The van der Waals surface area contributed by atoms with Crippen molar-refractivity contribution >= 4 is 21.8 Å². The predicted octanol–water partition coefficient (Wildman–Crippen LogP) is 1.66. The van der Waals surface area contributed by atoms with Gasteiger partial charge < -0.3 is 10.6 Å². The molecule has 1 aromatic rings. The molecule has 1 fully saturated rings. The molecule has 2 rings (SSSR count). The van der Waals surface area contributed by atoms with E-state index in [-0.39, 0.29) is 5.91 Å². The second kappa shape index (κ2) is 5.60. The topological polar surface area (TPSA) is 59.2 Å². The number of hydrogen-bond donors (Lipinski definition) is 1. The first-order valence-corrected chi connectivity index (χ1v) is 6.61. The molecular weight excluding hydrogens is 282 g/mol. The highest BCUT2D eigenvalue weighted by Crippen LogP contribution is 2.17. The number of hydrogen-bond acceptors (Lipinski definition) is 3. The maximum atomic E-state index is 12.2. The van der Waals surface area contributed by atoms with Gasteiger partial charge in [0, 0.05) is 23.8 Å². The SMILES string of the molecule is NCC1CCCN(C(=O)c2ccc(Br)cn2)C1. The first kappa shape index (κ1) is 12.5. The lowest BCUT2D eigenvalue weighted by atomic mass is 9.98. The molecule has 1 unspecified atom stereocenters. The van der Waals surface area contributed by atoms with Crippen molar-refractivity contribution in [1.82, 2.24) is 9.88 Å². The van der Waals surface area contributed by atoms with Crippen LogP contribution < -0.4 is 5.73 Å². The molecule has 1 aromatic heterocycles. The number of likely N-dealkylation sites (tertiary alicyclic amines) is 1. The van der Waals surface area contributed by atoms with Crippen molar-refractivity contribution in [2.45, 2.75) is 12.8 Å². The van der Waals surface area contributed by atoms with Crippen LogP contribution in [0.25, 0.3) is 0 Å². The molecule has 0 bridgehead atoms. The van der Waals surface area contributed by atoms with Crippen LogP contribution in [0.4, 0.5) is 0 Å². The van der Waals surface area contributed by atoms with Crippen molar-refractivity contribution in [1.29, 1.82) is 0 Å². The average Bonchev–Trinajstić information content (AvgIpc) is 2.39. The molecule has 1 saturated heterocycles. The smallest absolute Gasteiger partial charge is 0.272 e. The normalized spacial score (nSPS) is 20.4. The van der Waals surface area contributed by atoms with Crippen LogP contribution in [0.5, 0.6) is 0 Å². The summed E-state index contributed by atoms with van der Waals surface area (Å²) < 4.78 is 0.882. The van der Waals surface area contributed by atoms with Crippen LogP contribution >= 0.6 is 15.9 Å². The molecule has 5 heteroatoms. The van der Waals surface area contributed by atoms with Crippen LogP contribution in [-0.4, -0.2) is 35.4 Å². The molecule has 92 valence electrons. The van der Waals surface area contributed by atoms with E-state index < -0.39 is 0 Å². The number of halogens is 1. The summed E-state index contributed by atoms with van der Waals surface area (Å²) in [4.78, 5) is 18.2. The van der Waals surface area contributed by atoms with Crippen molar-refractivity contribution in [2.75, 3.05) is 19.6 Å². The van der Waals surface area contributed by atoms with Crippen LogP contribution in [0, 0.1) is 5.92 Å². The summed E-state index contributed by atoms with van der Waals surface area (Å²) in [5.74, 6) is 0.443. The number of carbonyl (C=O) groups excluding carboxylic acids is 1. The third-order valence-corrected chi connectivity index (χ3v) is 3.56. The van der Waals surface area contributed by atoms with Gasteiger partial charge >= 0.3 is 0 Å². The zero-order valence-corrected chi connectivity index (χ0v) is 11.2. The average molecular weight is 298 g/mol. The zero-order valence-electron chi connectivity index (χ0n) is 9.60. The first-order chi connectivity index (χ1) is 8.20. The Morgan fingerprint density at radius 1 is 1.59 bits per heavy atom. The molecule has 0 spiro atoms. The summed E-state index contributed by atoms with van der Waals surface area (Å²) in [6, 6.07) is 3.59. The van der Waals surface area contributed by atoms with Crippen molar-refractivity contribution in [3.63, 3.8) is 0 Å². The largest absolute Gasteiger partial charge is 0.337 e. The van der Waals surface area contributed by atoms with E-state index in [0.29, 0.717) is 18.2 Å². The fourth-order valence-electron chi connectivity index (χ4n) is 2.11. The Balaban J connectivity index is 2.06. The molecular formula is C12H16BrN3O. The second-order valence-electron chi connectivity index (χ2n) is 4.36. The Bertz CT molecular complexity index is 393. The monoisotopic (exact) mass is 297 g/mol. The number of nitrogens with zero attached hydrogens (tertiary/aromatic N) is 2. The Kier molecular flexibility index (Phi) is 4.12. The number of nitrogens with two attached hydrogens (primary N) is 1. The van der Waals surface area contributed by atoms with Gasteiger partial charge in [0.25, 0.3) is 5.91 Å². The van der Waals surface area contributed by atoms with Gasteiger partial charge in [0.2, 0.25) is 0 Å². The third-order valence-electron chi connectivity index (χ3n) is 3.09. The van der Waals surface area contributed by atoms with Crippen LogP contribution in [0.2, 0.25) is 0 Å². The van der Waals surface area contributed by atoms with Gasteiger partial charge in [-0.05, 0) is 53.4 Å². The third kappa shape index (κ3) is 3.04. The van der Waals surface area contributed by atoms with Crippen LogP contribution in [0.1, 0.15) is 23.3 Å². The lowest BCUT2D eigenvalue weighted by Crippen LogP contribution is -2.42. The Labute approximate surface area is 109 Å². The summed E-state index contributed by atoms with van der Waals surface area (Å²) in [7, 11) is 0. The molecule has 17 heavy (non-hydrogen) atoms. The lowest BCUT2D eigenvalue weighted by molar-refractivity contribution is 0.0672. The number of aromatic nitrogens is 1.